The van der Waals surface area contributed by atoms with E-state index in [4.69, 9.17) is 4.74 Å². The summed E-state index contributed by atoms with van der Waals surface area (Å²) in [5.41, 5.74) is -0.852. The van der Waals surface area contributed by atoms with Crippen LogP contribution in [0.5, 0.6) is 5.75 Å². The minimum Gasteiger partial charge on any atom is -0.491 e. The van der Waals surface area contributed by atoms with E-state index < -0.39 is 17.2 Å². The standard InChI is InChI=1S/C14H14FN3O3/c1-17(2)14(20)12-13(19)11(21-3)8-18(16-12)10-7-5-4-6-9(10)15/h4-8H,1-3H3. The average molecular weight is 291 g/mol. The molecule has 0 unspecified atom stereocenters. The maximum Gasteiger partial charge on any atom is 0.278 e. The minimum atomic E-state index is -0.635. The first-order valence-electron chi connectivity index (χ1n) is 6.10. The van der Waals surface area contributed by atoms with Crippen LogP contribution in [0.1, 0.15) is 10.5 Å². The maximum atomic E-state index is 13.8. The van der Waals surface area contributed by atoms with Gasteiger partial charge in [-0.1, -0.05) is 12.1 Å². The Hall–Kier alpha value is -2.70. The van der Waals surface area contributed by atoms with Crippen LogP contribution in [0.15, 0.2) is 35.3 Å². The van der Waals surface area contributed by atoms with E-state index in [1.807, 2.05) is 0 Å². The van der Waals surface area contributed by atoms with E-state index in [-0.39, 0.29) is 17.1 Å². The van der Waals surface area contributed by atoms with Gasteiger partial charge in [0.25, 0.3) is 11.3 Å². The van der Waals surface area contributed by atoms with Crippen LogP contribution in [0.25, 0.3) is 5.69 Å². The molecule has 21 heavy (non-hydrogen) atoms. The largest absolute Gasteiger partial charge is 0.491 e. The van der Waals surface area contributed by atoms with Gasteiger partial charge in [-0.05, 0) is 12.1 Å². The number of hydrogen-bond donors (Lipinski definition) is 0. The summed E-state index contributed by atoms with van der Waals surface area (Å²) in [7, 11) is 4.29. The average Bonchev–Trinajstić information content (AvgIpc) is 2.47. The summed E-state index contributed by atoms with van der Waals surface area (Å²) in [6.07, 6.45) is 1.24. The van der Waals surface area contributed by atoms with Crippen molar-refractivity contribution in [3.05, 3.63) is 52.2 Å². The molecule has 0 fully saturated rings. The molecule has 0 aliphatic carbocycles. The van der Waals surface area contributed by atoms with Gasteiger partial charge in [0, 0.05) is 14.1 Å². The highest BCUT2D eigenvalue weighted by molar-refractivity contribution is 5.92. The van der Waals surface area contributed by atoms with Gasteiger partial charge >= 0.3 is 0 Å². The van der Waals surface area contributed by atoms with Crippen molar-refractivity contribution in [2.75, 3.05) is 21.2 Å². The van der Waals surface area contributed by atoms with Gasteiger partial charge in [-0.3, -0.25) is 9.59 Å². The number of carbonyl (C=O) groups is 1. The number of hydrogen-bond acceptors (Lipinski definition) is 4. The van der Waals surface area contributed by atoms with Crippen LogP contribution in [0.3, 0.4) is 0 Å². The van der Waals surface area contributed by atoms with Gasteiger partial charge < -0.3 is 9.64 Å². The van der Waals surface area contributed by atoms with Crippen LogP contribution >= 0.6 is 0 Å². The molecular weight excluding hydrogens is 277 g/mol. The Morgan fingerprint density at radius 1 is 1.33 bits per heavy atom. The van der Waals surface area contributed by atoms with Crippen LogP contribution in [0.4, 0.5) is 4.39 Å². The Kier molecular flexibility index (Phi) is 4.02. The second-order valence-electron chi connectivity index (χ2n) is 4.47. The number of nitrogens with zero attached hydrogens (tertiary/aromatic N) is 3. The van der Waals surface area contributed by atoms with E-state index in [1.54, 1.807) is 6.07 Å². The summed E-state index contributed by atoms with van der Waals surface area (Å²) in [5.74, 6) is -1.19. The van der Waals surface area contributed by atoms with E-state index in [2.05, 4.69) is 5.10 Å². The van der Waals surface area contributed by atoms with Gasteiger partial charge in [0.1, 0.15) is 11.5 Å². The molecule has 0 radical (unpaired) electrons. The summed E-state index contributed by atoms with van der Waals surface area (Å²) in [6, 6.07) is 5.90. The monoisotopic (exact) mass is 291 g/mol. The fourth-order valence-corrected chi connectivity index (χ4v) is 1.73. The lowest BCUT2D eigenvalue weighted by Gasteiger charge is -2.13. The van der Waals surface area contributed by atoms with E-state index in [0.717, 1.165) is 4.68 Å². The van der Waals surface area contributed by atoms with E-state index in [0.29, 0.717) is 0 Å². The van der Waals surface area contributed by atoms with Crippen LogP contribution in [0, 0.1) is 5.82 Å². The molecule has 1 heterocycles. The Morgan fingerprint density at radius 2 is 2.00 bits per heavy atom. The molecule has 1 amide bonds. The fourth-order valence-electron chi connectivity index (χ4n) is 1.73. The number of rotatable bonds is 3. The van der Waals surface area contributed by atoms with Crippen molar-refractivity contribution in [1.82, 2.24) is 14.7 Å². The minimum absolute atomic E-state index is 0.0848. The van der Waals surface area contributed by atoms with Crippen molar-refractivity contribution in [2.45, 2.75) is 0 Å². The SMILES string of the molecule is COc1cn(-c2ccccc2F)nc(C(=O)N(C)C)c1=O. The Balaban J connectivity index is 2.70. The third-order valence-corrected chi connectivity index (χ3v) is 2.81. The summed E-state index contributed by atoms with van der Waals surface area (Å²) >= 11 is 0. The number of halogens is 1. The third-order valence-electron chi connectivity index (χ3n) is 2.81. The van der Waals surface area contributed by atoms with Gasteiger partial charge in [0.15, 0.2) is 11.4 Å². The van der Waals surface area contributed by atoms with Crippen molar-refractivity contribution >= 4 is 5.91 Å². The molecule has 6 nitrogen and oxygen atoms in total. The number of ether oxygens (including phenoxy) is 1. The zero-order valence-corrected chi connectivity index (χ0v) is 11.8. The van der Waals surface area contributed by atoms with Gasteiger partial charge in [0.05, 0.1) is 13.3 Å². The van der Waals surface area contributed by atoms with Gasteiger partial charge in [0.2, 0.25) is 0 Å². The lowest BCUT2D eigenvalue weighted by molar-refractivity contribution is 0.0818. The molecule has 0 saturated carbocycles. The molecular formula is C14H14FN3O3. The van der Waals surface area contributed by atoms with Gasteiger partial charge in [-0.15, -0.1) is 0 Å². The van der Waals surface area contributed by atoms with Crippen molar-refractivity contribution in [1.29, 1.82) is 0 Å². The van der Waals surface area contributed by atoms with Crippen molar-refractivity contribution in [3.63, 3.8) is 0 Å². The number of amides is 1. The molecule has 7 heteroatoms. The zero-order valence-electron chi connectivity index (χ0n) is 11.8. The quantitative estimate of drug-likeness (QED) is 0.849. The molecule has 0 N–H and O–H groups in total. The maximum absolute atomic E-state index is 13.8. The van der Waals surface area contributed by atoms with Crippen LogP contribution in [0.2, 0.25) is 0 Å². The number of methoxy groups -OCH3 is 1. The van der Waals surface area contributed by atoms with Crippen molar-refractivity contribution < 1.29 is 13.9 Å². The molecule has 2 rings (SSSR count). The molecule has 0 bridgehead atoms. The van der Waals surface area contributed by atoms with Crippen molar-refractivity contribution in [3.8, 4) is 11.4 Å². The third kappa shape index (κ3) is 2.76. The molecule has 1 aromatic carbocycles. The molecule has 0 aliphatic heterocycles. The Morgan fingerprint density at radius 3 is 2.57 bits per heavy atom. The lowest BCUT2D eigenvalue weighted by atomic mass is 10.3. The van der Waals surface area contributed by atoms with Crippen LogP contribution < -0.4 is 10.2 Å². The number of benzene rings is 1. The number of para-hydroxylation sites is 1. The Labute approximate surface area is 120 Å². The number of carbonyl (C=O) groups excluding carboxylic acids is 1. The number of aromatic nitrogens is 2. The first-order chi connectivity index (χ1) is 9.95. The van der Waals surface area contributed by atoms with Gasteiger partial charge in [-0.2, -0.15) is 5.10 Å². The van der Waals surface area contributed by atoms with Crippen LogP contribution in [-0.2, 0) is 0 Å². The predicted molar refractivity (Wildman–Crippen MR) is 74.4 cm³/mol. The molecule has 1 aromatic heterocycles. The summed E-state index contributed by atoms with van der Waals surface area (Å²) in [4.78, 5) is 25.3. The normalized spacial score (nSPS) is 10.3. The Bertz CT molecular complexity index is 740. The molecule has 0 aliphatic rings. The van der Waals surface area contributed by atoms with E-state index in [9.17, 15) is 14.0 Å². The second-order valence-corrected chi connectivity index (χ2v) is 4.47. The summed E-state index contributed by atoms with van der Waals surface area (Å²) in [5, 5.41) is 3.93. The molecule has 0 saturated heterocycles. The highest BCUT2D eigenvalue weighted by Crippen LogP contribution is 2.14. The zero-order chi connectivity index (χ0) is 15.6. The molecule has 0 spiro atoms. The highest BCUT2D eigenvalue weighted by atomic mass is 19.1. The summed E-state index contributed by atoms with van der Waals surface area (Å²) in [6.45, 7) is 0. The first-order valence-corrected chi connectivity index (χ1v) is 6.10. The lowest BCUT2D eigenvalue weighted by Crippen LogP contribution is -2.31. The topological polar surface area (TPSA) is 64.4 Å². The predicted octanol–water partition coefficient (Wildman–Crippen LogP) is 1.08. The smallest absolute Gasteiger partial charge is 0.278 e. The molecule has 110 valence electrons. The van der Waals surface area contributed by atoms with E-state index >= 15 is 0 Å². The van der Waals surface area contributed by atoms with Crippen LogP contribution in [-0.4, -0.2) is 41.8 Å². The summed E-state index contributed by atoms with van der Waals surface area (Å²) < 4.78 is 19.9. The van der Waals surface area contributed by atoms with E-state index in [1.165, 1.54) is 50.5 Å². The molecule has 2 aromatic rings. The van der Waals surface area contributed by atoms with Gasteiger partial charge in [-0.25, -0.2) is 9.07 Å². The highest BCUT2D eigenvalue weighted by Gasteiger charge is 2.20. The second kappa shape index (κ2) is 5.74. The van der Waals surface area contributed by atoms with Crippen molar-refractivity contribution in [2.24, 2.45) is 0 Å². The first kappa shape index (κ1) is 14.7. The molecule has 0 atom stereocenters. The fraction of sp³-hybridized carbons (Fsp3) is 0.214.